The Balaban J connectivity index is 1.64. The molecule has 3 aromatic rings. The van der Waals surface area contributed by atoms with Gasteiger partial charge in [-0.05, 0) is 6.07 Å². The third-order valence-electron chi connectivity index (χ3n) is 4.17. The van der Waals surface area contributed by atoms with E-state index in [9.17, 15) is 9.59 Å². The van der Waals surface area contributed by atoms with Gasteiger partial charge in [-0.3, -0.25) is 14.7 Å². The van der Waals surface area contributed by atoms with E-state index in [0.29, 0.717) is 19.5 Å². The third-order valence-corrected chi connectivity index (χ3v) is 4.17. The van der Waals surface area contributed by atoms with Gasteiger partial charge >= 0.3 is 0 Å². The van der Waals surface area contributed by atoms with Crippen LogP contribution in [-0.4, -0.2) is 37.7 Å². The van der Waals surface area contributed by atoms with Crippen LogP contribution in [0, 0.1) is 0 Å². The number of aromatic nitrogens is 4. The van der Waals surface area contributed by atoms with Crippen molar-refractivity contribution < 1.29 is 4.79 Å². The summed E-state index contributed by atoms with van der Waals surface area (Å²) < 4.78 is 0. The van der Waals surface area contributed by atoms with Crippen molar-refractivity contribution in [2.75, 3.05) is 6.54 Å². The number of carbonyl (C=O) groups excluding carboxylic acids is 1. The maximum absolute atomic E-state index is 12.6. The van der Waals surface area contributed by atoms with E-state index in [0.717, 1.165) is 22.5 Å². The van der Waals surface area contributed by atoms with Crippen LogP contribution in [0.1, 0.15) is 21.7 Å². The van der Waals surface area contributed by atoms with Gasteiger partial charge in [0.2, 0.25) is 0 Å². The summed E-state index contributed by atoms with van der Waals surface area (Å²) in [6.45, 7) is 1.05. The van der Waals surface area contributed by atoms with E-state index in [1.807, 2.05) is 30.3 Å². The quantitative estimate of drug-likeness (QED) is 0.745. The number of aromatic amines is 2. The first kappa shape index (κ1) is 14.4. The lowest BCUT2D eigenvalue weighted by molar-refractivity contribution is 0.0727. The Bertz CT molecular complexity index is 925. The maximum Gasteiger partial charge on any atom is 0.274 e. The average Bonchev–Trinajstić information content (AvgIpc) is 3.05. The van der Waals surface area contributed by atoms with Crippen molar-refractivity contribution in [3.05, 3.63) is 69.8 Å². The molecule has 0 fully saturated rings. The second-order valence-electron chi connectivity index (χ2n) is 5.68. The number of carbonyl (C=O) groups is 1. The van der Waals surface area contributed by atoms with E-state index in [-0.39, 0.29) is 17.2 Å². The van der Waals surface area contributed by atoms with Crippen LogP contribution in [0.25, 0.3) is 11.3 Å². The molecule has 1 aromatic carbocycles. The third kappa shape index (κ3) is 2.50. The molecule has 4 rings (SSSR count). The highest BCUT2D eigenvalue weighted by Gasteiger charge is 2.26. The fourth-order valence-corrected chi connectivity index (χ4v) is 2.93. The first-order valence-electron chi connectivity index (χ1n) is 7.69. The molecule has 2 aromatic heterocycles. The lowest BCUT2D eigenvalue weighted by atomic mass is 10.0. The lowest BCUT2D eigenvalue weighted by Gasteiger charge is -2.26. The highest BCUT2D eigenvalue weighted by molar-refractivity contribution is 5.92. The molecule has 7 nitrogen and oxygen atoms in total. The number of nitrogens with one attached hydrogen (secondary N) is 2. The van der Waals surface area contributed by atoms with Gasteiger partial charge in [0.25, 0.3) is 11.5 Å². The van der Waals surface area contributed by atoms with Crippen LogP contribution < -0.4 is 5.56 Å². The minimum absolute atomic E-state index is 0.197. The Morgan fingerprint density at radius 3 is 2.62 bits per heavy atom. The fraction of sp³-hybridized carbons (Fsp3) is 0.176. The number of hydrogen-bond acceptors (Lipinski definition) is 4. The predicted molar refractivity (Wildman–Crippen MR) is 87.3 cm³/mol. The van der Waals surface area contributed by atoms with Crippen molar-refractivity contribution in [3.8, 4) is 11.3 Å². The molecule has 1 aliphatic rings. The smallest absolute Gasteiger partial charge is 0.274 e. The summed E-state index contributed by atoms with van der Waals surface area (Å²) >= 11 is 0. The summed E-state index contributed by atoms with van der Waals surface area (Å²) in [7, 11) is 0. The first-order chi connectivity index (χ1) is 11.7. The van der Waals surface area contributed by atoms with Gasteiger partial charge in [-0.1, -0.05) is 30.3 Å². The van der Waals surface area contributed by atoms with Crippen LogP contribution in [0.4, 0.5) is 0 Å². The van der Waals surface area contributed by atoms with E-state index >= 15 is 0 Å². The Labute approximate surface area is 137 Å². The zero-order valence-corrected chi connectivity index (χ0v) is 12.8. The Kier molecular flexibility index (Phi) is 3.45. The zero-order valence-electron chi connectivity index (χ0n) is 12.8. The van der Waals surface area contributed by atoms with Crippen LogP contribution >= 0.6 is 0 Å². The van der Waals surface area contributed by atoms with Crippen LogP contribution in [0.5, 0.6) is 0 Å². The van der Waals surface area contributed by atoms with Crippen LogP contribution in [-0.2, 0) is 13.0 Å². The highest BCUT2D eigenvalue weighted by atomic mass is 16.2. The van der Waals surface area contributed by atoms with Crippen molar-refractivity contribution in [1.29, 1.82) is 0 Å². The van der Waals surface area contributed by atoms with Gasteiger partial charge in [-0.15, -0.1) is 0 Å². The van der Waals surface area contributed by atoms with Gasteiger partial charge in [-0.25, -0.2) is 5.10 Å². The number of rotatable bonds is 2. The number of fused-ring (bicyclic) bond motifs is 1. The molecule has 0 spiro atoms. The minimum atomic E-state index is -0.325. The minimum Gasteiger partial charge on any atom is -0.332 e. The van der Waals surface area contributed by atoms with Gasteiger partial charge in [0, 0.05) is 35.9 Å². The summed E-state index contributed by atoms with van der Waals surface area (Å²) in [5.74, 6) is -0.197. The molecule has 0 saturated carbocycles. The first-order valence-corrected chi connectivity index (χ1v) is 7.69. The van der Waals surface area contributed by atoms with E-state index in [4.69, 9.17) is 0 Å². The maximum atomic E-state index is 12.6. The molecule has 1 aliphatic heterocycles. The van der Waals surface area contributed by atoms with Crippen molar-refractivity contribution >= 4 is 5.91 Å². The molecular weight excluding hydrogens is 306 g/mol. The van der Waals surface area contributed by atoms with Gasteiger partial charge < -0.3 is 4.90 Å². The Morgan fingerprint density at radius 1 is 1.04 bits per heavy atom. The Hall–Kier alpha value is -3.22. The summed E-state index contributed by atoms with van der Waals surface area (Å²) in [6.07, 6.45) is 0.713. The summed E-state index contributed by atoms with van der Waals surface area (Å²) in [5.41, 5.74) is 3.90. The molecule has 0 bridgehead atoms. The van der Waals surface area contributed by atoms with Gasteiger partial charge in [0.05, 0.1) is 12.2 Å². The van der Waals surface area contributed by atoms with Crippen molar-refractivity contribution in [2.45, 2.75) is 13.0 Å². The second kappa shape index (κ2) is 5.77. The molecule has 0 saturated heterocycles. The van der Waals surface area contributed by atoms with Crippen LogP contribution in [0.3, 0.4) is 0 Å². The van der Waals surface area contributed by atoms with Crippen molar-refractivity contribution in [1.82, 2.24) is 25.3 Å². The van der Waals surface area contributed by atoms with Gasteiger partial charge in [0.15, 0.2) is 0 Å². The molecule has 0 aliphatic carbocycles. The standard InChI is InChI=1S/C17H15N5O2/c23-15-7-6-14(19-20-15)17(24)22-9-8-13-12(10-22)16(21-18-13)11-4-2-1-3-5-11/h1-7H,8-10H2,(H,18,21)(H,20,23). The second-order valence-corrected chi connectivity index (χ2v) is 5.68. The number of amides is 1. The van der Waals surface area contributed by atoms with E-state index in [1.54, 1.807) is 4.90 Å². The SMILES string of the molecule is O=C(c1ccc(=O)[nH]n1)N1CCc2[nH]nc(-c3ccccc3)c2C1. The molecule has 120 valence electrons. The van der Waals surface area contributed by atoms with Crippen molar-refractivity contribution in [3.63, 3.8) is 0 Å². The van der Waals surface area contributed by atoms with Crippen LogP contribution in [0.2, 0.25) is 0 Å². The van der Waals surface area contributed by atoms with Crippen molar-refractivity contribution in [2.24, 2.45) is 0 Å². The molecule has 7 heteroatoms. The van der Waals surface area contributed by atoms with Crippen LogP contribution in [0.15, 0.2) is 47.3 Å². The normalized spacial score (nSPS) is 13.6. The van der Waals surface area contributed by atoms with E-state index in [2.05, 4.69) is 20.4 Å². The molecule has 0 radical (unpaired) electrons. The van der Waals surface area contributed by atoms with E-state index < -0.39 is 0 Å². The topological polar surface area (TPSA) is 94.7 Å². The Morgan fingerprint density at radius 2 is 1.88 bits per heavy atom. The highest BCUT2D eigenvalue weighted by Crippen LogP contribution is 2.28. The zero-order chi connectivity index (χ0) is 16.5. The largest absolute Gasteiger partial charge is 0.332 e. The predicted octanol–water partition coefficient (Wildman–Crippen LogP) is 1.36. The lowest BCUT2D eigenvalue weighted by Crippen LogP contribution is -2.36. The molecule has 2 N–H and O–H groups in total. The molecular formula is C17H15N5O2. The fourth-order valence-electron chi connectivity index (χ4n) is 2.93. The molecule has 1 amide bonds. The molecule has 0 atom stereocenters. The monoisotopic (exact) mass is 321 g/mol. The molecule has 24 heavy (non-hydrogen) atoms. The number of nitrogens with zero attached hydrogens (tertiary/aromatic N) is 3. The number of H-pyrrole nitrogens is 2. The molecule has 3 heterocycles. The van der Waals surface area contributed by atoms with E-state index in [1.165, 1.54) is 12.1 Å². The summed E-state index contributed by atoms with van der Waals surface area (Å²) in [5, 5.41) is 13.6. The van der Waals surface area contributed by atoms with Gasteiger partial charge in [0.1, 0.15) is 5.69 Å². The average molecular weight is 321 g/mol. The number of hydrogen-bond donors (Lipinski definition) is 2. The van der Waals surface area contributed by atoms with Gasteiger partial charge in [-0.2, -0.15) is 10.2 Å². The summed E-state index contributed by atoms with van der Waals surface area (Å²) in [6, 6.07) is 12.6. The number of benzene rings is 1. The summed E-state index contributed by atoms with van der Waals surface area (Å²) in [4.78, 5) is 25.4. The molecule has 0 unspecified atom stereocenters.